The van der Waals surface area contributed by atoms with Gasteiger partial charge >= 0.3 is 5.97 Å². The van der Waals surface area contributed by atoms with Crippen molar-refractivity contribution in [3.63, 3.8) is 0 Å². The van der Waals surface area contributed by atoms with E-state index in [4.69, 9.17) is 4.74 Å². The maximum atomic E-state index is 11.8. The average molecular weight is 314 g/mol. The van der Waals surface area contributed by atoms with Gasteiger partial charge in [0, 0.05) is 17.6 Å². The Kier molecular flexibility index (Phi) is 6.24. The van der Waals surface area contributed by atoms with Crippen LogP contribution in [0.3, 0.4) is 0 Å². The quantitative estimate of drug-likeness (QED) is 0.460. The fraction of sp³-hybridized carbons (Fsp3) is 0.500. The van der Waals surface area contributed by atoms with E-state index in [2.05, 4.69) is 11.8 Å². The largest absolute Gasteiger partial charge is 0.461 e. The Morgan fingerprint density at radius 1 is 1.45 bits per heavy atom. The molecule has 0 atom stereocenters. The third-order valence-electron chi connectivity index (χ3n) is 2.50. The van der Waals surface area contributed by atoms with Gasteiger partial charge < -0.3 is 4.74 Å². The maximum absolute atomic E-state index is 11.8. The summed E-state index contributed by atoms with van der Waals surface area (Å²) in [6.07, 6.45) is 2.58. The van der Waals surface area contributed by atoms with Gasteiger partial charge in [0.05, 0.1) is 12.4 Å². The van der Waals surface area contributed by atoms with Crippen LogP contribution in [0.25, 0.3) is 0 Å². The Morgan fingerprint density at radius 3 is 2.75 bits per heavy atom. The molecule has 0 aliphatic rings. The number of carbonyl (C=O) groups is 1. The highest BCUT2D eigenvalue weighted by molar-refractivity contribution is 7.89. The highest BCUT2D eigenvalue weighted by Gasteiger charge is 2.16. The lowest BCUT2D eigenvalue weighted by molar-refractivity contribution is 0.0507. The number of sulfone groups is 1. The van der Waals surface area contributed by atoms with Crippen LogP contribution in [-0.4, -0.2) is 27.2 Å². The van der Waals surface area contributed by atoms with Crippen LogP contribution in [-0.2, 0) is 20.3 Å². The number of unbranched alkanes of at least 4 members (excludes halogenated alkanes) is 1. The van der Waals surface area contributed by atoms with E-state index < -0.39 is 15.8 Å². The van der Waals surface area contributed by atoms with Gasteiger partial charge in [0.1, 0.15) is 4.88 Å². The lowest BCUT2D eigenvalue weighted by Gasteiger charge is -2.00. The zero-order chi connectivity index (χ0) is 15.2. The fourth-order valence-corrected chi connectivity index (χ4v) is 3.46. The molecule has 0 spiro atoms. The summed E-state index contributed by atoms with van der Waals surface area (Å²) < 4.78 is 27.7. The number of thiophene rings is 1. The first kappa shape index (κ1) is 16.7. The Balaban J connectivity index is 2.60. The number of aryl methyl sites for hydroxylation is 1. The third kappa shape index (κ3) is 5.76. The van der Waals surface area contributed by atoms with E-state index in [0.29, 0.717) is 29.9 Å². The lowest BCUT2D eigenvalue weighted by Crippen LogP contribution is -2.04. The molecule has 0 radical (unpaired) electrons. The van der Waals surface area contributed by atoms with Gasteiger partial charge in [-0.15, -0.1) is 23.2 Å². The van der Waals surface area contributed by atoms with E-state index in [0.717, 1.165) is 4.88 Å². The van der Waals surface area contributed by atoms with Crippen LogP contribution in [0.15, 0.2) is 6.07 Å². The van der Waals surface area contributed by atoms with Crippen molar-refractivity contribution in [2.75, 3.05) is 12.9 Å². The van der Waals surface area contributed by atoms with Crippen molar-refractivity contribution in [1.29, 1.82) is 0 Å². The molecule has 1 rings (SSSR count). The SMILES string of the molecule is CC#CCCCOC(=O)c1cc(CS(C)(=O)=O)c(C)s1. The van der Waals surface area contributed by atoms with E-state index in [1.54, 1.807) is 19.9 Å². The van der Waals surface area contributed by atoms with Crippen LogP contribution in [0.4, 0.5) is 0 Å². The average Bonchev–Trinajstić information content (AvgIpc) is 2.68. The molecule has 0 amide bonds. The highest BCUT2D eigenvalue weighted by atomic mass is 32.2. The van der Waals surface area contributed by atoms with Crippen molar-refractivity contribution in [3.8, 4) is 11.8 Å². The van der Waals surface area contributed by atoms with Crippen LogP contribution in [0.5, 0.6) is 0 Å². The number of carbonyl (C=O) groups excluding carboxylic acids is 1. The van der Waals surface area contributed by atoms with Crippen molar-refractivity contribution < 1.29 is 17.9 Å². The molecule has 0 aliphatic carbocycles. The van der Waals surface area contributed by atoms with Gasteiger partial charge in [-0.2, -0.15) is 0 Å². The molecule has 20 heavy (non-hydrogen) atoms. The predicted octanol–water partition coefficient (Wildman–Crippen LogP) is 2.56. The second-order valence-corrected chi connectivity index (χ2v) is 7.82. The molecule has 4 nitrogen and oxygen atoms in total. The summed E-state index contributed by atoms with van der Waals surface area (Å²) in [5, 5.41) is 0. The smallest absolute Gasteiger partial charge is 0.348 e. The summed E-state index contributed by atoms with van der Waals surface area (Å²) >= 11 is 1.26. The van der Waals surface area contributed by atoms with E-state index in [1.807, 2.05) is 0 Å². The summed E-state index contributed by atoms with van der Waals surface area (Å²) in [6, 6.07) is 1.61. The number of hydrogen-bond donors (Lipinski definition) is 0. The topological polar surface area (TPSA) is 60.4 Å². The number of hydrogen-bond acceptors (Lipinski definition) is 5. The molecule has 6 heteroatoms. The maximum Gasteiger partial charge on any atom is 0.348 e. The van der Waals surface area contributed by atoms with E-state index in [-0.39, 0.29) is 5.75 Å². The van der Waals surface area contributed by atoms with Crippen LogP contribution >= 0.6 is 11.3 Å². The minimum atomic E-state index is -3.10. The Labute approximate surface area is 124 Å². The molecular weight excluding hydrogens is 296 g/mol. The molecule has 110 valence electrons. The second kappa shape index (κ2) is 7.46. The van der Waals surface area contributed by atoms with E-state index >= 15 is 0 Å². The summed E-state index contributed by atoms with van der Waals surface area (Å²) in [5.41, 5.74) is 0.668. The van der Waals surface area contributed by atoms with Crippen molar-refractivity contribution >= 4 is 27.1 Å². The normalized spacial score (nSPS) is 10.8. The van der Waals surface area contributed by atoms with Gasteiger partial charge in [0.15, 0.2) is 9.84 Å². The molecule has 0 aromatic carbocycles. The van der Waals surface area contributed by atoms with Crippen molar-refractivity contribution in [1.82, 2.24) is 0 Å². The molecule has 0 N–H and O–H groups in total. The fourth-order valence-electron chi connectivity index (χ4n) is 1.57. The molecule has 0 fully saturated rings. The minimum absolute atomic E-state index is 0.0469. The van der Waals surface area contributed by atoms with Gasteiger partial charge in [-0.1, -0.05) is 0 Å². The van der Waals surface area contributed by atoms with Crippen LogP contribution in [0.2, 0.25) is 0 Å². The van der Waals surface area contributed by atoms with Crippen molar-refractivity contribution in [2.24, 2.45) is 0 Å². The number of rotatable bonds is 6. The molecule has 0 bridgehead atoms. The van der Waals surface area contributed by atoms with Gasteiger partial charge in [-0.3, -0.25) is 0 Å². The molecule has 0 saturated heterocycles. The first-order chi connectivity index (χ1) is 9.33. The van der Waals surface area contributed by atoms with Crippen LogP contribution < -0.4 is 0 Å². The monoisotopic (exact) mass is 314 g/mol. The minimum Gasteiger partial charge on any atom is -0.461 e. The number of ether oxygens (including phenoxy) is 1. The van der Waals surface area contributed by atoms with Crippen LogP contribution in [0, 0.1) is 18.8 Å². The van der Waals surface area contributed by atoms with E-state index in [9.17, 15) is 13.2 Å². The van der Waals surface area contributed by atoms with Gasteiger partial charge in [-0.25, -0.2) is 13.2 Å². The van der Waals surface area contributed by atoms with Gasteiger partial charge in [0.25, 0.3) is 0 Å². The third-order valence-corrected chi connectivity index (χ3v) is 4.40. The standard InChI is InChI=1S/C14H18O4S2/c1-4-5-6-7-8-18-14(15)13-9-12(11(2)19-13)10-20(3,16)17/h9H,6-8,10H2,1-3H3. The molecular formula is C14H18O4S2. The summed E-state index contributed by atoms with van der Waals surface area (Å²) in [5.74, 6) is 5.22. The highest BCUT2D eigenvalue weighted by Crippen LogP contribution is 2.24. The van der Waals surface area contributed by atoms with Gasteiger partial charge in [-0.05, 0) is 31.9 Å². The Bertz CT molecular complexity index is 630. The van der Waals surface area contributed by atoms with E-state index in [1.165, 1.54) is 17.6 Å². The molecule has 0 saturated carbocycles. The zero-order valence-corrected chi connectivity index (χ0v) is 13.5. The van der Waals surface area contributed by atoms with Crippen molar-refractivity contribution in [3.05, 3.63) is 21.4 Å². The molecule has 1 aromatic rings. The van der Waals surface area contributed by atoms with Crippen LogP contribution in [0.1, 0.15) is 39.9 Å². The summed E-state index contributed by atoms with van der Waals surface area (Å²) in [6.45, 7) is 3.90. The zero-order valence-electron chi connectivity index (χ0n) is 11.9. The predicted molar refractivity (Wildman–Crippen MR) is 80.6 cm³/mol. The molecule has 1 aromatic heterocycles. The molecule has 0 unspecified atom stereocenters. The first-order valence-electron chi connectivity index (χ1n) is 6.17. The van der Waals surface area contributed by atoms with Gasteiger partial charge in [0.2, 0.25) is 0 Å². The lowest BCUT2D eigenvalue weighted by atomic mass is 10.3. The first-order valence-corrected chi connectivity index (χ1v) is 9.05. The molecule has 0 aliphatic heterocycles. The second-order valence-electron chi connectivity index (χ2n) is 4.43. The van der Waals surface area contributed by atoms with Crippen molar-refractivity contribution in [2.45, 2.75) is 32.4 Å². The molecule has 1 heterocycles. The number of esters is 1. The Morgan fingerprint density at radius 2 is 2.15 bits per heavy atom. The summed E-state index contributed by atoms with van der Waals surface area (Å²) in [4.78, 5) is 13.1. The Hall–Kier alpha value is -1.32. The summed E-state index contributed by atoms with van der Waals surface area (Å²) in [7, 11) is -3.10.